The molecular formula is C8H18N4O2. The summed E-state index contributed by atoms with van der Waals surface area (Å²) >= 11 is 0. The van der Waals surface area contributed by atoms with Crippen LogP contribution in [0.3, 0.4) is 0 Å². The van der Waals surface area contributed by atoms with Crippen LogP contribution >= 0.6 is 0 Å². The zero-order chi connectivity index (χ0) is 11.0. The van der Waals surface area contributed by atoms with E-state index in [0.717, 1.165) is 6.54 Å². The molecule has 0 aliphatic rings. The lowest BCUT2D eigenvalue weighted by molar-refractivity contribution is -0.125. The molecule has 0 bridgehead atoms. The first-order valence-corrected chi connectivity index (χ1v) is 4.44. The van der Waals surface area contributed by atoms with E-state index in [1.165, 1.54) is 0 Å². The van der Waals surface area contributed by atoms with Gasteiger partial charge in [0.05, 0.1) is 13.1 Å². The Morgan fingerprint density at radius 3 is 2.36 bits per heavy atom. The predicted molar refractivity (Wildman–Crippen MR) is 53.6 cm³/mol. The van der Waals surface area contributed by atoms with E-state index in [9.17, 15) is 9.59 Å². The summed E-state index contributed by atoms with van der Waals surface area (Å²) in [6.07, 6.45) is 0. The van der Waals surface area contributed by atoms with Crippen LogP contribution in [-0.4, -0.2) is 57.0 Å². The largest absolute Gasteiger partial charge is 0.353 e. The van der Waals surface area contributed by atoms with Gasteiger partial charge in [0.25, 0.3) is 0 Å². The van der Waals surface area contributed by atoms with Crippen molar-refractivity contribution in [3.05, 3.63) is 0 Å². The maximum absolute atomic E-state index is 11.1. The molecule has 82 valence electrons. The molecule has 0 fully saturated rings. The molecule has 2 amide bonds. The molecule has 0 rings (SSSR count). The van der Waals surface area contributed by atoms with E-state index in [0.29, 0.717) is 6.54 Å². The highest BCUT2D eigenvalue weighted by molar-refractivity contribution is 5.85. The lowest BCUT2D eigenvalue weighted by Gasteiger charge is -2.10. The number of hydrogen-bond donors (Lipinski definition) is 3. The normalized spacial score (nSPS) is 10.0. The molecule has 0 saturated carbocycles. The third kappa shape index (κ3) is 7.51. The standard InChI is InChI=1S/C8H18N4O2/c1-12(2)4-3-10-8(14)6-11-7(13)5-9/h3-6,9H2,1-2H3,(H,10,14)(H,11,13). The van der Waals surface area contributed by atoms with Gasteiger partial charge in [-0.05, 0) is 14.1 Å². The van der Waals surface area contributed by atoms with E-state index >= 15 is 0 Å². The van der Waals surface area contributed by atoms with Crippen LogP contribution < -0.4 is 16.4 Å². The molecule has 6 heteroatoms. The number of hydrogen-bond acceptors (Lipinski definition) is 4. The Hall–Kier alpha value is -1.14. The Labute approximate surface area is 83.8 Å². The summed E-state index contributed by atoms with van der Waals surface area (Å²) in [6.45, 7) is 1.25. The second-order valence-corrected chi connectivity index (χ2v) is 3.13. The predicted octanol–water partition coefficient (Wildman–Crippen LogP) is -2.26. The Kier molecular flexibility index (Phi) is 6.69. The zero-order valence-electron chi connectivity index (χ0n) is 8.67. The van der Waals surface area contributed by atoms with Crippen molar-refractivity contribution < 1.29 is 9.59 Å². The molecule has 6 nitrogen and oxygen atoms in total. The van der Waals surface area contributed by atoms with Crippen molar-refractivity contribution in [3.63, 3.8) is 0 Å². The van der Waals surface area contributed by atoms with Gasteiger partial charge in [-0.15, -0.1) is 0 Å². The van der Waals surface area contributed by atoms with Crippen LogP contribution in [0, 0.1) is 0 Å². The molecule has 0 spiro atoms. The molecule has 0 aromatic heterocycles. The van der Waals surface area contributed by atoms with Gasteiger partial charge < -0.3 is 21.3 Å². The first-order valence-electron chi connectivity index (χ1n) is 4.44. The maximum atomic E-state index is 11.1. The van der Waals surface area contributed by atoms with E-state index in [1.54, 1.807) is 0 Å². The minimum Gasteiger partial charge on any atom is -0.353 e. The number of nitrogens with zero attached hydrogens (tertiary/aromatic N) is 1. The van der Waals surface area contributed by atoms with Crippen molar-refractivity contribution in [1.29, 1.82) is 0 Å². The fourth-order valence-electron chi connectivity index (χ4n) is 0.732. The molecule has 0 aromatic rings. The monoisotopic (exact) mass is 202 g/mol. The number of carbonyl (C=O) groups excluding carboxylic acids is 2. The second kappa shape index (κ2) is 7.28. The molecule has 0 aliphatic heterocycles. The molecule has 0 unspecified atom stereocenters. The Bertz CT molecular complexity index is 194. The Morgan fingerprint density at radius 2 is 1.86 bits per heavy atom. The quantitative estimate of drug-likeness (QED) is 0.453. The smallest absolute Gasteiger partial charge is 0.239 e. The van der Waals surface area contributed by atoms with Crippen molar-refractivity contribution in [2.75, 3.05) is 40.3 Å². The van der Waals surface area contributed by atoms with Crippen molar-refractivity contribution in [2.24, 2.45) is 5.73 Å². The van der Waals surface area contributed by atoms with Gasteiger partial charge in [0.1, 0.15) is 0 Å². The van der Waals surface area contributed by atoms with Crippen molar-refractivity contribution in [3.8, 4) is 0 Å². The van der Waals surface area contributed by atoms with Gasteiger partial charge >= 0.3 is 0 Å². The van der Waals surface area contributed by atoms with Crippen LogP contribution in [0.15, 0.2) is 0 Å². The third-order valence-electron chi connectivity index (χ3n) is 1.51. The number of amides is 2. The summed E-state index contributed by atoms with van der Waals surface area (Å²) in [5.74, 6) is -0.526. The summed E-state index contributed by atoms with van der Waals surface area (Å²) in [5.41, 5.74) is 5.05. The van der Waals surface area contributed by atoms with Gasteiger partial charge in [-0.25, -0.2) is 0 Å². The first-order chi connectivity index (χ1) is 6.56. The van der Waals surface area contributed by atoms with Crippen molar-refractivity contribution >= 4 is 11.8 Å². The van der Waals surface area contributed by atoms with E-state index in [-0.39, 0.29) is 24.9 Å². The zero-order valence-corrected chi connectivity index (χ0v) is 8.67. The first kappa shape index (κ1) is 12.9. The lowest BCUT2D eigenvalue weighted by atomic mass is 10.5. The van der Waals surface area contributed by atoms with Crippen LogP contribution in [0.1, 0.15) is 0 Å². The van der Waals surface area contributed by atoms with E-state index in [2.05, 4.69) is 10.6 Å². The topological polar surface area (TPSA) is 87.5 Å². The van der Waals surface area contributed by atoms with Crippen LogP contribution in [0.5, 0.6) is 0 Å². The van der Waals surface area contributed by atoms with Crippen molar-refractivity contribution in [1.82, 2.24) is 15.5 Å². The highest BCUT2D eigenvalue weighted by Gasteiger charge is 2.02. The van der Waals surface area contributed by atoms with Gasteiger partial charge in [-0.1, -0.05) is 0 Å². The number of nitrogens with two attached hydrogens (primary N) is 1. The average Bonchev–Trinajstić information content (AvgIpc) is 2.13. The van der Waals surface area contributed by atoms with Crippen LogP contribution in [0.2, 0.25) is 0 Å². The summed E-state index contributed by atoms with van der Waals surface area (Å²) in [6, 6.07) is 0. The Morgan fingerprint density at radius 1 is 1.21 bits per heavy atom. The van der Waals surface area contributed by atoms with Gasteiger partial charge in [-0.3, -0.25) is 9.59 Å². The minimum absolute atomic E-state index is 0.0105. The summed E-state index contributed by atoms with van der Waals surface area (Å²) < 4.78 is 0. The van der Waals surface area contributed by atoms with Gasteiger partial charge in [-0.2, -0.15) is 0 Å². The minimum atomic E-state index is -0.326. The average molecular weight is 202 g/mol. The molecule has 0 aliphatic carbocycles. The molecule has 0 radical (unpaired) electrons. The molecule has 0 atom stereocenters. The van der Waals surface area contributed by atoms with Crippen LogP contribution in [0.4, 0.5) is 0 Å². The third-order valence-corrected chi connectivity index (χ3v) is 1.51. The SMILES string of the molecule is CN(C)CCNC(=O)CNC(=O)CN. The summed E-state index contributed by atoms with van der Waals surface area (Å²) in [5, 5.41) is 5.04. The van der Waals surface area contributed by atoms with Crippen LogP contribution in [-0.2, 0) is 9.59 Å². The van der Waals surface area contributed by atoms with E-state index in [1.807, 2.05) is 19.0 Å². The molecular weight excluding hydrogens is 184 g/mol. The molecule has 0 saturated heterocycles. The Balaban J connectivity index is 3.42. The summed E-state index contributed by atoms with van der Waals surface area (Å²) in [4.78, 5) is 23.7. The molecule has 0 heterocycles. The maximum Gasteiger partial charge on any atom is 0.239 e. The molecule has 0 aromatic carbocycles. The number of rotatable bonds is 6. The molecule has 4 N–H and O–H groups in total. The second-order valence-electron chi connectivity index (χ2n) is 3.13. The fourth-order valence-corrected chi connectivity index (χ4v) is 0.732. The number of nitrogens with one attached hydrogen (secondary N) is 2. The molecule has 14 heavy (non-hydrogen) atoms. The number of likely N-dealkylation sites (N-methyl/N-ethyl adjacent to an activating group) is 1. The van der Waals surface area contributed by atoms with E-state index in [4.69, 9.17) is 5.73 Å². The van der Waals surface area contributed by atoms with Gasteiger partial charge in [0, 0.05) is 13.1 Å². The summed E-state index contributed by atoms with van der Waals surface area (Å²) in [7, 11) is 3.84. The van der Waals surface area contributed by atoms with E-state index < -0.39 is 0 Å². The lowest BCUT2D eigenvalue weighted by Crippen LogP contribution is -2.41. The highest BCUT2D eigenvalue weighted by atomic mass is 16.2. The van der Waals surface area contributed by atoms with Gasteiger partial charge in [0.2, 0.25) is 11.8 Å². The van der Waals surface area contributed by atoms with Crippen LogP contribution in [0.25, 0.3) is 0 Å². The van der Waals surface area contributed by atoms with Gasteiger partial charge in [0.15, 0.2) is 0 Å². The highest BCUT2D eigenvalue weighted by Crippen LogP contribution is 1.71. The van der Waals surface area contributed by atoms with Crippen molar-refractivity contribution in [2.45, 2.75) is 0 Å². The fraction of sp³-hybridized carbons (Fsp3) is 0.750. The number of carbonyl (C=O) groups is 2.